The third-order valence-corrected chi connectivity index (χ3v) is 5.63. The van der Waals surface area contributed by atoms with Gasteiger partial charge in [0.05, 0.1) is 23.7 Å². The lowest BCUT2D eigenvalue weighted by Gasteiger charge is -2.19. The third-order valence-electron chi connectivity index (χ3n) is 5.04. The number of benzene rings is 3. The van der Waals surface area contributed by atoms with E-state index in [0.29, 0.717) is 43.0 Å². The Kier molecular flexibility index (Phi) is 6.07. The third kappa shape index (κ3) is 4.33. The predicted octanol–water partition coefficient (Wildman–Crippen LogP) is 5.21. The average Bonchev–Trinajstić information content (AvgIpc) is 2.77. The maximum atomic E-state index is 13.4. The van der Waals surface area contributed by atoms with Crippen molar-refractivity contribution in [2.24, 2.45) is 0 Å². The van der Waals surface area contributed by atoms with Crippen LogP contribution in [0.2, 0.25) is 10.0 Å². The van der Waals surface area contributed by atoms with Gasteiger partial charge in [0, 0.05) is 27.2 Å². The Hall–Kier alpha value is -3.15. The Morgan fingerprint density at radius 1 is 0.968 bits per heavy atom. The summed E-state index contributed by atoms with van der Waals surface area (Å²) in [5.41, 5.74) is 2.52. The van der Waals surface area contributed by atoms with Crippen LogP contribution in [-0.4, -0.2) is 30.0 Å². The molecule has 0 aliphatic rings. The summed E-state index contributed by atoms with van der Waals surface area (Å²) in [6.07, 6.45) is 0.162. The fourth-order valence-electron chi connectivity index (χ4n) is 3.56. The molecule has 156 valence electrons. The number of aromatic nitrogens is 1. The molecule has 31 heavy (non-hydrogen) atoms. The second kappa shape index (κ2) is 8.92. The number of methoxy groups -OCH3 is 1. The number of carbonyl (C=O) groups excluding carboxylic acids is 2. The first-order valence-corrected chi connectivity index (χ1v) is 10.3. The molecule has 0 aliphatic carbocycles. The van der Waals surface area contributed by atoms with Gasteiger partial charge >= 0.3 is 5.97 Å². The van der Waals surface area contributed by atoms with Gasteiger partial charge in [-0.1, -0.05) is 65.7 Å². The molecular weight excluding hydrogens is 435 g/mol. The van der Waals surface area contributed by atoms with E-state index >= 15 is 0 Å². The number of hydrogen-bond donors (Lipinski definition) is 1. The number of para-hydroxylation sites is 2. The Morgan fingerprint density at radius 2 is 1.58 bits per heavy atom. The topological polar surface area (TPSA) is 68.3 Å². The van der Waals surface area contributed by atoms with Gasteiger partial charge in [0.25, 0.3) is 5.91 Å². The van der Waals surface area contributed by atoms with E-state index in [0.717, 1.165) is 0 Å². The number of pyridine rings is 1. The maximum Gasteiger partial charge on any atom is 0.328 e. The van der Waals surface area contributed by atoms with E-state index in [4.69, 9.17) is 27.9 Å². The van der Waals surface area contributed by atoms with E-state index < -0.39 is 17.9 Å². The normalized spacial score (nSPS) is 12.0. The highest BCUT2D eigenvalue weighted by Gasteiger charge is 2.25. The predicted molar refractivity (Wildman–Crippen MR) is 123 cm³/mol. The van der Waals surface area contributed by atoms with E-state index in [-0.39, 0.29) is 6.42 Å². The smallest absolute Gasteiger partial charge is 0.328 e. The second-order valence-corrected chi connectivity index (χ2v) is 7.85. The number of nitrogens with zero attached hydrogens (tertiary/aromatic N) is 1. The molecule has 4 rings (SSSR count). The van der Waals surface area contributed by atoms with Crippen molar-refractivity contribution in [1.29, 1.82) is 0 Å². The highest BCUT2D eigenvalue weighted by atomic mass is 35.5. The summed E-state index contributed by atoms with van der Waals surface area (Å²) >= 11 is 12.2. The molecule has 1 N–H and O–H groups in total. The van der Waals surface area contributed by atoms with Crippen LogP contribution in [0.1, 0.15) is 15.9 Å². The van der Waals surface area contributed by atoms with Crippen LogP contribution < -0.4 is 5.32 Å². The monoisotopic (exact) mass is 452 g/mol. The van der Waals surface area contributed by atoms with Crippen LogP contribution >= 0.6 is 23.2 Å². The van der Waals surface area contributed by atoms with Gasteiger partial charge in [-0.2, -0.15) is 0 Å². The summed E-state index contributed by atoms with van der Waals surface area (Å²) in [4.78, 5) is 30.5. The molecule has 0 fully saturated rings. The van der Waals surface area contributed by atoms with Crippen molar-refractivity contribution in [3.05, 3.63) is 87.9 Å². The molecule has 0 aliphatic heterocycles. The van der Waals surface area contributed by atoms with Crippen LogP contribution in [0.5, 0.6) is 0 Å². The number of ether oxygens (including phenoxy) is 1. The zero-order valence-electron chi connectivity index (χ0n) is 16.6. The largest absolute Gasteiger partial charge is 0.467 e. The molecule has 3 aromatic carbocycles. The van der Waals surface area contributed by atoms with Crippen molar-refractivity contribution >= 4 is 56.9 Å². The summed E-state index contributed by atoms with van der Waals surface area (Å²) in [6.45, 7) is 0. The lowest BCUT2D eigenvalue weighted by atomic mass is 10.0. The number of halogens is 2. The molecule has 5 nitrogen and oxygen atoms in total. The maximum absolute atomic E-state index is 13.4. The second-order valence-electron chi connectivity index (χ2n) is 7.01. The van der Waals surface area contributed by atoms with Crippen molar-refractivity contribution in [3.63, 3.8) is 0 Å². The molecule has 1 aromatic heterocycles. The van der Waals surface area contributed by atoms with Crippen LogP contribution in [0.25, 0.3) is 21.8 Å². The lowest BCUT2D eigenvalue weighted by molar-refractivity contribution is -0.142. The molecule has 7 heteroatoms. The molecule has 0 unspecified atom stereocenters. The zero-order valence-corrected chi connectivity index (χ0v) is 18.1. The van der Waals surface area contributed by atoms with E-state index in [2.05, 4.69) is 10.3 Å². The highest BCUT2D eigenvalue weighted by Crippen LogP contribution is 2.27. The minimum Gasteiger partial charge on any atom is -0.467 e. The first-order chi connectivity index (χ1) is 15.0. The van der Waals surface area contributed by atoms with E-state index in [1.807, 2.05) is 48.5 Å². The minimum atomic E-state index is -0.929. The van der Waals surface area contributed by atoms with Crippen molar-refractivity contribution in [1.82, 2.24) is 10.3 Å². The quantitative estimate of drug-likeness (QED) is 0.333. The van der Waals surface area contributed by atoms with E-state index in [1.165, 1.54) is 7.11 Å². The fourth-order valence-corrected chi connectivity index (χ4v) is 4.04. The van der Waals surface area contributed by atoms with Gasteiger partial charge in [0.15, 0.2) is 0 Å². The fraction of sp³-hybridized carbons (Fsp3) is 0.125. The van der Waals surface area contributed by atoms with Crippen LogP contribution in [-0.2, 0) is 16.0 Å². The van der Waals surface area contributed by atoms with E-state index in [9.17, 15) is 9.59 Å². The summed E-state index contributed by atoms with van der Waals surface area (Å²) in [6, 6.07) is 18.9. The summed E-state index contributed by atoms with van der Waals surface area (Å²) in [5.74, 6) is -0.961. The van der Waals surface area contributed by atoms with Gasteiger partial charge in [-0.15, -0.1) is 0 Å². The molecule has 1 atom stereocenters. The number of fused-ring (bicyclic) bond motifs is 2. The number of nitrogens with one attached hydrogen (secondary N) is 1. The van der Waals surface area contributed by atoms with E-state index in [1.54, 1.807) is 18.2 Å². The number of hydrogen-bond acceptors (Lipinski definition) is 4. The Labute approximate surface area is 188 Å². The van der Waals surface area contributed by atoms with Gasteiger partial charge in [-0.25, -0.2) is 9.78 Å². The van der Waals surface area contributed by atoms with Gasteiger partial charge in [0.2, 0.25) is 0 Å². The number of rotatable bonds is 5. The van der Waals surface area contributed by atoms with Crippen LogP contribution in [0, 0.1) is 0 Å². The van der Waals surface area contributed by atoms with Gasteiger partial charge in [0.1, 0.15) is 6.04 Å². The molecule has 4 aromatic rings. The summed E-state index contributed by atoms with van der Waals surface area (Å²) in [7, 11) is 1.28. The Bertz CT molecular complexity index is 1250. The molecule has 0 saturated heterocycles. The summed E-state index contributed by atoms with van der Waals surface area (Å²) in [5, 5.41) is 5.13. The van der Waals surface area contributed by atoms with Crippen molar-refractivity contribution in [2.75, 3.05) is 7.11 Å². The number of esters is 1. The van der Waals surface area contributed by atoms with Crippen LogP contribution in [0.3, 0.4) is 0 Å². The first kappa shape index (κ1) is 21.1. The number of carbonyl (C=O) groups is 2. The van der Waals surface area contributed by atoms with Gasteiger partial charge < -0.3 is 10.1 Å². The molecular formula is C24H18Cl2N2O3. The minimum absolute atomic E-state index is 0.162. The van der Waals surface area contributed by atoms with Crippen LogP contribution in [0.15, 0.2) is 66.7 Å². The van der Waals surface area contributed by atoms with Crippen molar-refractivity contribution < 1.29 is 14.3 Å². The molecule has 0 bridgehead atoms. The lowest BCUT2D eigenvalue weighted by Crippen LogP contribution is -2.43. The van der Waals surface area contributed by atoms with Gasteiger partial charge in [-0.05, 0) is 29.8 Å². The van der Waals surface area contributed by atoms with Gasteiger partial charge in [-0.3, -0.25) is 4.79 Å². The van der Waals surface area contributed by atoms with Crippen molar-refractivity contribution in [3.8, 4) is 0 Å². The standard InChI is InChI=1S/C24H18Cl2N2O3/c1-31-24(30)21(12-14-10-11-15(25)13-18(14)26)28-23(29)22-16-6-2-4-8-19(16)27-20-9-5-3-7-17(20)22/h2-11,13,21H,12H2,1H3,(H,28,29)/t21-/m1/s1. The average molecular weight is 453 g/mol. The molecule has 0 spiro atoms. The Morgan fingerprint density at radius 3 is 2.16 bits per heavy atom. The molecule has 1 amide bonds. The molecule has 0 saturated carbocycles. The molecule has 1 heterocycles. The summed E-state index contributed by atoms with van der Waals surface area (Å²) < 4.78 is 4.92. The molecule has 0 radical (unpaired) electrons. The SMILES string of the molecule is COC(=O)[C@@H](Cc1ccc(Cl)cc1Cl)NC(=O)c1c2ccccc2nc2ccccc12. The highest BCUT2D eigenvalue weighted by molar-refractivity contribution is 6.35. The van der Waals surface area contributed by atoms with Crippen LogP contribution in [0.4, 0.5) is 0 Å². The number of amides is 1. The van der Waals surface area contributed by atoms with Crippen molar-refractivity contribution in [2.45, 2.75) is 12.5 Å². The first-order valence-electron chi connectivity index (χ1n) is 9.58. The Balaban J connectivity index is 1.75. The zero-order chi connectivity index (χ0) is 22.0.